The number of carbonyl (C=O) groups is 1. The molecule has 1 saturated heterocycles. The SMILES string of the molecule is CC(C)(C)OC(=O)N1CC[C@H](Nc2ccc(Br)cn2)C1. The molecule has 1 aromatic heterocycles. The Labute approximate surface area is 127 Å². The van der Waals surface area contributed by atoms with Crippen LogP contribution >= 0.6 is 15.9 Å². The largest absolute Gasteiger partial charge is 0.444 e. The van der Waals surface area contributed by atoms with Crippen LogP contribution in [0.15, 0.2) is 22.8 Å². The quantitative estimate of drug-likeness (QED) is 0.896. The molecule has 20 heavy (non-hydrogen) atoms. The number of hydrogen-bond acceptors (Lipinski definition) is 4. The van der Waals surface area contributed by atoms with E-state index in [-0.39, 0.29) is 12.1 Å². The van der Waals surface area contributed by atoms with Crippen LogP contribution in [0.25, 0.3) is 0 Å². The monoisotopic (exact) mass is 341 g/mol. The molecule has 0 saturated carbocycles. The molecule has 0 unspecified atom stereocenters. The van der Waals surface area contributed by atoms with Crippen LogP contribution in [0.5, 0.6) is 0 Å². The Morgan fingerprint density at radius 2 is 2.25 bits per heavy atom. The molecule has 1 aliphatic rings. The second kappa shape index (κ2) is 5.99. The lowest BCUT2D eigenvalue weighted by atomic mass is 10.2. The smallest absolute Gasteiger partial charge is 0.410 e. The number of nitrogens with one attached hydrogen (secondary N) is 1. The lowest BCUT2D eigenvalue weighted by Gasteiger charge is -2.24. The van der Waals surface area contributed by atoms with Crippen LogP contribution in [-0.2, 0) is 4.74 Å². The van der Waals surface area contributed by atoms with E-state index in [0.29, 0.717) is 13.1 Å². The predicted octanol–water partition coefficient (Wildman–Crippen LogP) is 3.27. The first-order valence-corrected chi connectivity index (χ1v) is 7.49. The van der Waals surface area contributed by atoms with Crippen molar-refractivity contribution in [1.29, 1.82) is 0 Å². The lowest BCUT2D eigenvalue weighted by Crippen LogP contribution is -2.36. The van der Waals surface area contributed by atoms with Gasteiger partial charge in [0.1, 0.15) is 11.4 Å². The van der Waals surface area contributed by atoms with Crippen LogP contribution in [0, 0.1) is 0 Å². The maximum atomic E-state index is 12.0. The molecule has 1 aliphatic heterocycles. The number of ether oxygens (including phenoxy) is 1. The van der Waals surface area contributed by atoms with Gasteiger partial charge >= 0.3 is 6.09 Å². The van der Waals surface area contributed by atoms with E-state index >= 15 is 0 Å². The summed E-state index contributed by atoms with van der Waals surface area (Å²) in [5.74, 6) is 0.823. The van der Waals surface area contributed by atoms with Crippen molar-refractivity contribution in [1.82, 2.24) is 9.88 Å². The number of likely N-dealkylation sites (tertiary alicyclic amines) is 1. The highest BCUT2D eigenvalue weighted by atomic mass is 79.9. The highest BCUT2D eigenvalue weighted by Crippen LogP contribution is 2.18. The maximum absolute atomic E-state index is 12.0. The number of halogens is 1. The Kier molecular flexibility index (Phi) is 4.52. The second-order valence-electron chi connectivity index (χ2n) is 5.92. The zero-order valence-electron chi connectivity index (χ0n) is 12.0. The summed E-state index contributed by atoms with van der Waals surface area (Å²) in [4.78, 5) is 18.0. The molecule has 0 bridgehead atoms. The third-order valence-electron chi connectivity index (χ3n) is 2.92. The molecule has 0 spiro atoms. The van der Waals surface area contributed by atoms with Crippen LogP contribution in [0.4, 0.5) is 10.6 Å². The van der Waals surface area contributed by atoms with Gasteiger partial charge in [-0.05, 0) is 55.3 Å². The van der Waals surface area contributed by atoms with E-state index < -0.39 is 5.60 Å². The van der Waals surface area contributed by atoms with Crippen LogP contribution in [0.3, 0.4) is 0 Å². The van der Waals surface area contributed by atoms with E-state index in [1.54, 1.807) is 11.1 Å². The highest BCUT2D eigenvalue weighted by Gasteiger charge is 2.29. The summed E-state index contributed by atoms with van der Waals surface area (Å²) < 4.78 is 6.32. The minimum Gasteiger partial charge on any atom is -0.444 e. The van der Waals surface area contributed by atoms with Crippen molar-refractivity contribution in [2.24, 2.45) is 0 Å². The van der Waals surface area contributed by atoms with E-state index in [1.165, 1.54) is 0 Å². The molecule has 0 aromatic carbocycles. The van der Waals surface area contributed by atoms with Crippen molar-refractivity contribution in [3.8, 4) is 0 Å². The van der Waals surface area contributed by atoms with Gasteiger partial charge in [0.15, 0.2) is 0 Å². The first-order chi connectivity index (χ1) is 9.33. The molecule has 6 heteroatoms. The zero-order chi connectivity index (χ0) is 14.8. The van der Waals surface area contributed by atoms with Gasteiger partial charge in [-0.25, -0.2) is 9.78 Å². The van der Waals surface area contributed by atoms with Gasteiger partial charge in [-0.1, -0.05) is 0 Å². The van der Waals surface area contributed by atoms with Crippen LogP contribution in [-0.4, -0.2) is 40.7 Å². The number of anilines is 1. The van der Waals surface area contributed by atoms with Gasteiger partial charge in [0.2, 0.25) is 0 Å². The normalized spacial score (nSPS) is 19.0. The number of hydrogen-bond donors (Lipinski definition) is 1. The number of aromatic nitrogens is 1. The summed E-state index contributed by atoms with van der Waals surface area (Å²) in [6.45, 7) is 6.99. The van der Waals surface area contributed by atoms with Crippen LogP contribution in [0.2, 0.25) is 0 Å². The van der Waals surface area contributed by atoms with Crippen LogP contribution in [0.1, 0.15) is 27.2 Å². The fourth-order valence-corrected chi connectivity index (χ4v) is 2.28. The first-order valence-electron chi connectivity index (χ1n) is 6.69. The Morgan fingerprint density at radius 3 is 2.85 bits per heavy atom. The average molecular weight is 342 g/mol. The van der Waals surface area contributed by atoms with Crippen molar-refractivity contribution in [3.05, 3.63) is 22.8 Å². The Morgan fingerprint density at radius 1 is 1.50 bits per heavy atom. The molecule has 2 rings (SSSR count). The number of rotatable bonds is 2. The predicted molar refractivity (Wildman–Crippen MR) is 81.8 cm³/mol. The second-order valence-corrected chi connectivity index (χ2v) is 6.83. The van der Waals surface area contributed by atoms with Crippen molar-refractivity contribution < 1.29 is 9.53 Å². The maximum Gasteiger partial charge on any atom is 0.410 e. The summed E-state index contributed by atoms with van der Waals surface area (Å²) >= 11 is 3.35. The summed E-state index contributed by atoms with van der Waals surface area (Å²) in [5.41, 5.74) is -0.449. The number of pyridine rings is 1. The molecule has 2 heterocycles. The molecule has 1 atom stereocenters. The third-order valence-corrected chi connectivity index (χ3v) is 3.39. The Bertz CT molecular complexity index is 470. The van der Waals surface area contributed by atoms with Crippen molar-refractivity contribution in [3.63, 3.8) is 0 Å². The third kappa shape index (κ3) is 4.37. The Balaban J connectivity index is 1.86. The van der Waals surface area contributed by atoms with Gasteiger partial charge in [-0.15, -0.1) is 0 Å². The van der Waals surface area contributed by atoms with Crippen molar-refractivity contribution >= 4 is 27.8 Å². The molecule has 110 valence electrons. The molecule has 1 fully saturated rings. The number of amides is 1. The van der Waals surface area contributed by atoms with Crippen LogP contribution < -0.4 is 5.32 Å². The standard InChI is InChI=1S/C14H20BrN3O2/c1-14(2,3)20-13(19)18-7-6-11(9-18)17-12-5-4-10(15)8-16-12/h4-5,8,11H,6-7,9H2,1-3H3,(H,16,17)/t11-/m0/s1. The fraction of sp³-hybridized carbons (Fsp3) is 0.571. The van der Waals surface area contributed by atoms with Gasteiger partial charge < -0.3 is 15.0 Å². The highest BCUT2D eigenvalue weighted by molar-refractivity contribution is 9.10. The van der Waals surface area contributed by atoms with E-state index in [4.69, 9.17) is 4.74 Å². The van der Waals surface area contributed by atoms with Crippen molar-refractivity contribution in [2.75, 3.05) is 18.4 Å². The van der Waals surface area contributed by atoms with Gasteiger partial charge in [0, 0.05) is 29.8 Å². The van der Waals surface area contributed by atoms with E-state index in [9.17, 15) is 4.79 Å². The van der Waals surface area contributed by atoms with Gasteiger partial charge in [0.25, 0.3) is 0 Å². The molecule has 1 aromatic rings. The Hall–Kier alpha value is -1.30. The van der Waals surface area contributed by atoms with Gasteiger partial charge in [-0.2, -0.15) is 0 Å². The molecule has 1 N–H and O–H groups in total. The summed E-state index contributed by atoms with van der Waals surface area (Å²) in [6, 6.07) is 4.08. The zero-order valence-corrected chi connectivity index (χ0v) is 13.6. The summed E-state index contributed by atoms with van der Waals surface area (Å²) in [7, 11) is 0. The lowest BCUT2D eigenvalue weighted by molar-refractivity contribution is 0.0293. The van der Waals surface area contributed by atoms with E-state index in [0.717, 1.165) is 16.7 Å². The molecular formula is C14H20BrN3O2. The fourth-order valence-electron chi connectivity index (χ4n) is 2.04. The number of carbonyl (C=O) groups excluding carboxylic acids is 1. The first kappa shape index (κ1) is 15.1. The molecular weight excluding hydrogens is 322 g/mol. The van der Waals surface area contributed by atoms with E-state index in [2.05, 4.69) is 26.2 Å². The average Bonchev–Trinajstić information content (AvgIpc) is 2.79. The topological polar surface area (TPSA) is 54.5 Å². The van der Waals surface area contributed by atoms with Gasteiger partial charge in [0.05, 0.1) is 0 Å². The number of nitrogens with zero attached hydrogens (tertiary/aromatic N) is 2. The summed E-state index contributed by atoms with van der Waals surface area (Å²) in [5, 5.41) is 3.33. The van der Waals surface area contributed by atoms with Crippen molar-refractivity contribution in [2.45, 2.75) is 38.8 Å². The molecule has 5 nitrogen and oxygen atoms in total. The minimum atomic E-state index is -0.449. The van der Waals surface area contributed by atoms with Gasteiger partial charge in [-0.3, -0.25) is 0 Å². The molecule has 0 aliphatic carbocycles. The van der Waals surface area contributed by atoms with E-state index in [1.807, 2.05) is 32.9 Å². The molecule has 1 amide bonds. The minimum absolute atomic E-state index is 0.219. The summed E-state index contributed by atoms with van der Waals surface area (Å²) in [6.07, 6.45) is 2.41. The molecule has 0 radical (unpaired) electrons.